The van der Waals surface area contributed by atoms with Crippen molar-refractivity contribution in [2.75, 3.05) is 25.9 Å². The molecule has 0 spiro atoms. The number of anilines is 1. The number of hydrogen-bond acceptors (Lipinski definition) is 5. The van der Waals surface area contributed by atoms with Crippen LogP contribution >= 0.6 is 0 Å². The third-order valence-corrected chi connectivity index (χ3v) is 5.55. The number of benzene rings is 1. The Morgan fingerprint density at radius 3 is 2.69 bits per heavy atom. The zero-order valence-electron chi connectivity index (χ0n) is 17.7. The van der Waals surface area contributed by atoms with Crippen LogP contribution in [0.1, 0.15) is 17.0 Å². The normalized spacial score (nSPS) is 13.8. The first-order valence-corrected chi connectivity index (χ1v) is 10.3. The number of nitrogens with two attached hydrogens (primary N) is 1. The number of ether oxygens (including phenoxy) is 1. The molecular weight excluding hydrogens is 414 g/mol. The molecule has 0 radical (unpaired) electrons. The van der Waals surface area contributed by atoms with Crippen LogP contribution in [0.3, 0.4) is 0 Å². The average Bonchev–Trinajstić information content (AvgIpc) is 2.73. The van der Waals surface area contributed by atoms with Gasteiger partial charge in [-0.1, -0.05) is 6.07 Å². The van der Waals surface area contributed by atoms with Gasteiger partial charge in [-0.15, -0.1) is 0 Å². The molecule has 1 aromatic carbocycles. The van der Waals surface area contributed by atoms with Gasteiger partial charge in [0.1, 0.15) is 11.6 Å². The topological polar surface area (TPSA) is 81.3 Å². The van der Waals surface area contributed by atoms with Crippen LogP contribution in [-0.4, -0.2) is 41.0 Å². The number of halogens is 2. The lowest BCUT2D eigenvalue weighted by molar-refractivity contribution is -0.136. The van der Waals surface area contributed by atoms with E-state index in [-0.39, 0.29) is 17.9 Å². The van der Waals surface area contributed by atoms with Crippen molar-refractivity contribution in [1.29, 1.82) is 0 Å². The second-order valence-electron chi connectivity index (χ2n) is 7.99. The lowest BCUT2D eigenvalue weighted by atomic mass is 9.92. The van der Waals surface area contributed by atoms with E-state index in [1.54, 1.807) is 24.1 Å². The number of rotatable bonds is 7. The van der Waals surface area contributed by atoms with Gasteiger partial charge in [0.25, 0.3) is 0 Å². The SMILES string of the molecule is COCc1ccc(CC2CN(C(=O)Cc3nc(-c4ccc(F)cc4F)ccc3N)C2)cn1. The molecule has 166 valence electrons. The summed E-state index contributed by atoms with van der Waals surface area (Å²) in [5.41, 5.74) is 9.23. The Morgan fingerprint density at radius 1 is 1.19 bits per heavy atom. The summed E-state index contributed by atoms with van der Waals surface area (Å²) in [5, 5.41) is 0. The third-order valence-electron chi connectivity index (χ3n) is 5.55. The molecule has 1 aliphatic rings. The first kappa shape index (κ1) is 21.8. The van der Waals surface area contributed by atoms with E-state index in [0.717, 1.165) is 23.7 Å². The van der Waals surface area contributed by atoms with Gasteiger partial charge in [0.15, 0.2) is 0 Å². The fourth-order valence-electron chi connectivity index (χ4n) is 3.80. The molecule has 1 aliphatic heterocycles. The second-order valence-corrected chi connectivity index (χ2v) is 7.99. The molecule has 4 rings (SSSR count). The maximum absolute atomic E-state index is 14.1. The van der Waals surface area contributed by atoms with Crippen molar-refractivity contribution >= 4 is 11.6 Å². The van der Waals surface area contributed by atoms with Crippen molar-refractivity contribution < 1.29 is 18.3 Å². The minimum Gasteiger partial charge on any atom is -0.397 e. The minimum atomic E-state index is -0.713. The van der Waals surface area contributed by atoms with Crippen LogP contribution in [0.4, 0.5) is 14.5 Å². The van der Waals surface area contributed by atoms with Gasteiger partial charge >= 0.3 is 0 Å². The summed E-state index contributed by atoms with van der Waals surface area (Å²) in [6.07, 6.45) is 2.73. The highest BCUT2D eigenvalue weighted by Crippen LogP contribution is 2.26. The molecule has 0 atom stereocenters. The number of nitrogen functional groups attached to an aromatic ring is 1. The van der Waals surface area contributed by atoms with Crippen molar-refractivity contribution in [3.63, 3.8) is 0 Å². The zero-order valence-corrected chi connectivity index (χ0v) is 17.7. The van der Waals surface area contributed by atoms with Crippen LogP contribution in [0.2, 0.25) is 0 Å². The number of hydrogen-bond donors (Lipinski definition) is 1. The average molecular weight is 438 g/mol. The Hall–Kier alpha value is -3.39. The van der Waals surface area contributed by atoms with Gasteiger partial charge in [-0.3, -0.25) is 14.8 Å². The van der Waals surface area contributed by atoms with Crippen molar-refractivity contribution in [2.24, 2.45) is 5.92 Å². The van der Waals surface area contributed by atoms with Gasteiger partial charge in [-0.25, -0.2) is 8.78 Å². The van der Waals surface area contributed by atoms with E-state index in [1.807, 2.05) is 18.3 Å². The van der Waals surface area contributed by atoms with Crippen LogP contribution in [0.25, 0.3) is 11.3 Å². The second kappa shape index (κ2) is 9.40. The van der Waals surface area contributed by atoms with E-state index in [9.17, 15) is 13.6 Å². The monoisotopic (exact) mass is 438 g/mol. The summed E-state index contributed by atoms with van der Waals surface area (Å²) >= 11 is 0. The molecule has 32 heavy (non-hydrogen) atoms. The van der Waals surface area contributed by atoms with Crippen LogP contribution in [-0.2, 0) is 29.0 Å². The number of aromatic nitrogens is 2. The summed E-state index contributed by atoms with van der Waals surface area (Å²) in [7, 11) is 1.63. The summed E-state index contributed by atoms with van der Waals surface area (Å²) in [5.74, 6) is -1.08. The predicted octanol–water partition coefficient (Wildman–Crippen LogP) is 3.39. The molecule has 1 amide bonds. The molecule has 2 aromatic heterocycles. The number of carbonyl (C=O) groups excluding carboxylic acids is 1. The quantitative estimate of drug-likeness (QED) is 0.612. The maximum Gasteiger partial charge on any atom is 0.228 e. The lowest BCUT2D eigenvalue weighted by Crippen LogP contribution is -2.51. The summed E-state index contributed by atoms with van der Waals surface area (Å²) < 4.78 is 32.4. The highest BCUT2D eigenvalue weighted by atomic mass is 19.1. The van der Waals surface area contributed by atoms with E-state index < -0.39 is 11.6 Å². The molecule has 1 saturated heterocycles. The Kier molecular flexibility index (Phi) is 6.41. The van der Waals surface area contributed by atoms with Crippen LogP contribution < -0.4 is 5.73 Å². The number of nitrogens with zero attached hydrogens (tertiary/aromatic N) is 3. The molecule has 0 bridgehead atoms. The maximum atomic E-state index is 14.1. The number of methoxy groups -OCH3 is 1. The molecule has 0 unspecified atom stereocenters. The molecule has 1 fully saturated rings. The molecular formula is C24H24F2N4O2. The standard InChI is InChI=1S/C24H24F2N4O2/c1-32-14-18-4-2-15(11-28-18)8-16-12-30(13-16)24(31)10-23-21(27)6-7-22(29-23)19-5-3-17(25)9-20(19)26/h2-7,9,11,16H,8,10,12-14,27H2,1H3. The molecule has 8 heteroatoms. The zero-order chi connectivity index (χ0) is 22.7. The number of pyridine rings is 2. The Bertz CT molecular complexity index is 1120. The van der Waals surface area contributed by atoms with Crippen molar-refractivity contribution in [3.05, 3.63) is 77.2 Å². The number of carbonyl (C=O) groups is 1. The van der Waals surface area contributed by atoms with Crippen molar-refractivity contribution in [1.82, 2.24) is 14.9 Å². The summed E-state index contributed by atoms with van der Waals surface area (Å²) in [6.45, 7) is 1.80. The van der Waals surface area contributed by atoms with Crippen LogP contribution in [0, 0.1) is 17.6 Å². The van der Waals surface area contributed by atoms with Crippen molar-refractivity contribution in [3.8, 4) is 11.3 Å². The molecule has 3 heterocycles. The van der Waals surface area contributed by atoms with Gasteiger partial charge < -0.3 is 15.4 Å². The largest absolute Gasteiger partial charge is 0.397 e. The Balaban J connectivity index is 1.35. The molecule has 0 saturated carbocycles. The summed E-state index contributed by atoms with van der Waals surface area (Å²) in [6, 6.07) is 10.4. The van der Waals surface area contributed by atoms with Crippen LogP contribution in [0.15, 0.2) is 48.7 Å². The molecule has 3 aromatic rings. The lowest BCUT2D eigenvalue weighted by Gasteiger charge is -2.39. The Labute approximate surface area is 185 Å². The fourth-order valence-corrected chi connectivity index (χ4v) is 3.80. The first-order valence-electron chi connectivity index (χ1n) is 10.3. The van der Waals surface area contributed by atoms with E-state index in [4.69, 9.17) is 10.5 Å². The predicted molar refractivity (Wildman–Crippen MR) is 116 cm³/mol. The third kappa shape index (κ3) is 4.91. The van der Waals surface area contributed by atoms with Crippen LogP contribution in [0.5, 0.6) is 0 Å². The van der Waals surface area contributed by atoms with E-state index in [0.29, 0.717) is 42.7 Å². The number of amides is 1. The molecule has 2 N–H and O–H groups in total. The highest BCUT2D eigenvalue weighted by Gasteiger charge is 2.31. The van der Waals surface area contributed by atoms with E-state index in [1.165, 1.54) is 12.1 Å². The van der Waals surface area contributed by atoms with E-state index >= 15 is 0 Å². The van der Waals surface area contributed by atoms with Crippen molar-refractivity contribution in [2.45, 2.75) is 19.4 Å². The first-order chi connectivity index (χ1) is 15.4. The molecule has 0 aliphatic carbocycles. The van der Waals surface area contributed by atoms with Gasteiger partial charge in [0.2, 0.25) is 5.91 Å². The highest BCUT2D eigenvalue weighted by molar-refractivity contribution is 5.81. The minimum absolute atomic E-state index is 0.0302. The smallest absolute Gasteiger partial charge is 0.228 e. The number of likely N-dealkylation sites (tertiary alicyclic amines) is 1. The Morgan fingerprint density at radius 2 is 2.00 bits per heavy atom. The van der Waals surface area contributed by atoms with E-state index in [2.05, 4.69) is 9.97 Å². The van der Waals surface area contributed by atoms with Gasteiger partial charge in [-0.05, 0) is 48.2 Å². The van der Waals surface area contributed by atoms with Gasteiger partial charge in [-0.2, -0.15) is 0 Å². The van der Waals surface area contributed by atoms with Gasteiger partial charge in [0.05, 0.1) is 35.8 Å². The fraction of sp³-hybridized carbons (Fsp3) is 0.292. The summed E-state index contributed by atoms with van der Waals surface area (Å²) in [4.78, 5) is 23.2. The van der Waals surface area contributed by atoms with Gasteiger partial charge in [0, 0.05) is 38.0 Å². The molecule has 6 nitrogen and oxygen atoms in total.